The molecule has 3 aromatic heterocycles. The Kier molecular flexibility index (Phi) is 4.44. The van der Waals surface area contributed by atoms with Crippen molar-refractivity contribution in [1.82, 2.24) is 29.8 Å². The molecular formula is C20H28N8. The van der Waals surface area contributed by atoms with Crippen LogP contribution in [0.15, 0.2) is 24.4 Å². The summed E-state index contributed by atoms with van der Waals surface area (Å²) < 4.78 is 1.87. The van der Waals surface area contributed by atoms with E-state index in [4.69, 9.17) is 10.1 Å². The van der Waals surface area contributed by atoms with Crippen LogP contribution in [0.25, 0.3) is 5.65 Å². The minimum absolute atomic E-state index is 0.107. The molecule has 0 unspecified atom stereocenters. The van der Waals surface area contributed by atoms with Crippen molar-refractivity contribution in [3.8, 4) is 0 Å². The maximum absolute atomic E-state index is 4.80. The van der Waals surface area contributed by atoms with Crippen LogP contribution in [0.4, 0.5) is 11.6 Å². The van der Waals surface area contributed by atoms with Crippen LogP contribution in [-0.2, 0) is 5.41 Å². The smallest absolute Gasteiger partial charge is 0.178 e. The van der Waals surface area contributed by atoms with E-state index in [9.17, 15) is 0 Å². The number of rotatable bonds is 4. The Morgan fingerprint density at radius 2 is 1.86 bits per heavy atom. The summed E-state index contributed by atoms with van der Waals surface area (Å²) in [6.07, 6.45) is 1.85. The molecule has 0 spiro atoms. The number of hydrogen-bond acceptors (Lipinski definition) is 7. The number of likely N-dealkylation sites (N-methyl/N-ethyl adjacent to an activating group) is 1. The molecule has 4 heterocycles. The van der Waals surface area contributed by atoms with E-state index in [-0.39, 0.29) is 5.41 Å². The van der Waals surface area contributed by atoms with E-state index in [1.54, 1.807) is 0 Å². The van der Waals surface area contributed by atoms with E-state index >= 15 is 0 Å². The first-order chi connectivity index (χ1) is 13.2. The lowest BCUT2D eigenvalue weighted by Crippen LogP contribution is -2.59. The molecule has 1 aliphatic rings. The van der Waals surface area contributed by atoms with Gasteiger partial charge in [0.1, 0.15) is 17.5 Å². The number of anilines is 2. The number of hydrogen-bond donors (Lipinski definition) is 0. The van der Waals surface area contributed by atoms with Crippen LogP contribution in [0.5, 0.6) is 0 Å². The monoisotopic (exact) mass is 380 g/mol. The first-order valence-corrected chi connectivity index (χ1v) is 9.77. The average molecular weight is 381 g/mol. The zero-order chi connectivity index (χ0) is 20.1. The Hall–Kier alpha value is -2.77. The molecule has 4 rings (SSSR count). The maximum atomic E-state index is 4.80. The predicted molar refractivity (Wildman–Crippen MR) is 110 cm³/mol. The standard InChI is InChI=1S/C20H28N8/c1-13(2)18-21-10-9-15(22-18)26(6)14-11-27(12-14)17-8-7-16-23-24-19(20(3,4)5)28(16)25-17/h7-10,13-14H,11-12H2,1-6H3. The van der Waals surface area contributed by atoms with E-state index < -0.39 is 0 Å². The fourth-order valence-electron chi connectivity index (χ4n) is 3.33. The number of fused-ring (bicyclic) bond motifs is 1. The summed E-state index contributed by atoms with van der Waals surface area (Å²) in [5.74, 6) is 4.01. The highest BCUT2D eigenvalue weighted by Gasteiger charge is 2.32. The van der Waals surface area contributed by atoms with Gasteiger partial charge in [0.25, 0.3) is 0 Å². The highest BCUT2D eigenvalue weighted by Crippen LogP contribution is 2.26. The van der Waals surface area contributed by atoms with Gasteiger partial charge in [-0.1, -0.05) is 34.6 Å². The number of nitrogens with zero attached hydrogens (tertiary/aromatic N) is 8. The molecule has 0 saturated carbocycles. The molecular weight excluding hydrogens is 352 g/mol. The summed E-state index contributed by atoms with van der Waals surface area (Å²) in [5, 5.41) is 13.4. The fourth-order valence-corrected chi connectivity index (χ4v) is 3.33. The molecule has 0 amide bonds. The molecule has 0 atom stereocenters. The maximum Gasteiger partial charge on any atom is 0.178 e. The minimum Gasteiger partial charge on any atom is -0.353 e. The molecule has 0 N–H and O–H groups in total. The largest absolute Gasteiger partial charge is 0.353 e. The van der Waals surface area contributed by atoms with Gasteiger partial charge in [0, 0.05) is 37.7 Å². The van der Waals surface area contributed by atoms with E-state index in [1.165, 1.54) is 0 Å². The van der Waals surface area contributed by atoms with Gasteiger partial charge in [-0.15, -0.1) is 15.3 Å². The van der Waals surface area contributed by atoms with Crippen LogP contribution in [-0.4, -0.2) is 56.0 Å². The van der Waals surface area contributed by atoms with Gasteiger partial charge in [0.2, 0.25) is 0 Å². The Morgan fingerprint density at radius 3 is 2.54 bits per heavy atom. The van der Waals surface area contributed by atoms with Gasteiger partial charge in [-0.2, -0.15) is 4.52 Å². The SMILES string of the molecule is CC(C)c1nccc(N(C)C2CN(c3ccc4nnc(C(C)(C)C)n4n3)C2)n1. The number of aromatic nitrogens is 6. The Morgan fingerprint density at radius 1 is 1.11 bits per heavy atom. The first kappa shape index (κ1) is 18.6. The Labute approximate surface area is 165 Å². The summed E-state index contributed by atoms with van der Waals surface area (Å²) in [5.41, 5.74) is 0.675. The van der Waals surface area contributed by atoms with Gasteiger partial charge in [0.05, 0.1) is 6.04 Å². The van der Waals surface area contributed by atoms with Gasteiger partial charge in [-0.25, -0.2) is 9.97 Å². The van der Waals surface area contributed by atoms with Crippen molar-refractivity contribution < 1.29 is 0 Å². The fraction of sp³-hybridized carbons (Fsp3) is 0.550. The van der Waals surface area contributed by atoms with Gasteiger partial charge < -0.3 is 9.80 Å². The second kappa shape index (κ2) is 6.68. The van der Waals surface area contributed by atoms with Gasteiger partial charge in [0.15, 0.2) is 11.5 Å². The molecule has 8 nitrogen and oxygen atoms in total. The molecule has 148 valence electrons. The molecule has 0 aromatic carbocycles. The summed E-state index contributed by atoms with van der Waals surface area (Å²) in [4.78, 5) is 13.6. The Balaban J connectivity index is 1.50. The van der Waals surface area contributed by atoms with E-state index in [1.807, 2.05) is 28.9 Å². The third-order valence-corrected chi connectivity index (χ3v) is 5.19. The van der Waals surface area contributed by atoms with Crippen LogP contribution < -0.4 is 9.80 Å². The molecule has 0 radical (unpaired) electrons. The zero-order valence-electron chi connectivity index (χ0n) is 17.5. The quantitative estimate of drug-likeness (QED) is 0.689. The van der Waals surface area contributed by atoms with Gasteiger partial charge in [-0.05, 0) is 18.2 Å². The van der Waals surface area contributed by atoms with Crippen LogP contribution in [0.1, 0.15) is 52.2 Å². The lowest BCUT2D eigenvalue weighted by Gasteiger charge is -2.45. The average Bonchev–Trinajstić information content (AvgIpc) is 3.04. The lowest BCUT2D eigenvalue weighted by atomic mass is 9.96. The van der Waals surface area contributed by atoms with Crippen molar-refractivity contribution >= 4 is 17.3 Å². The lowest BCUT2D eigenvalue weighted by molar-refractivity contribution is 0.482. The van der Waals surface area contributed by atoms with Gasteiger partial charge in [-0.3, -0.25) is 0 Å². The normalized spacial score (nSPS) is 15.3. The summed E-state index contributed by atoms with van der Waals surface area (Å²) in [6, 6.07) is 6.39. The van der Waals surface area contributed by atoms with Crippen molar-refractivity contribution in [3.05, 3.63) is 36.0 Å². The first-order valence-electron chi connectivity index (χ1n) is 9.77. The second-order valence-electron chi connectivity index (χ2n) is 8.83. The topological polar surface area (TPSA) is 75.3 Å². The molecule has 28 heavy (non-hydrogen) atoms. The van der Waals surface area contributed by atoms with E-state index in [0.717, 1.165) is 42.0 Å². The van der Waals surface area contributed by atoms with Crippen molar-refractivity contribution in [3.63, 3.8) is 0 Å². The van der Waals surface area contributed by atoms with Crippen molar-refractivity contribution in [2.24, 2.45) is 0 Å². The van der Waals surface area contributed by atoms with Crippen molar-refractivity contribution in [2.75, 3.05) is 29.9 Å². The molecule has 1 aliphatic heterocycles. The molecule has 0 aliphatic carbocycles. The third kappa shape index (κ3) is 3.27. The summed E-state index contributed by atoms with van der Waals surface area (Å²) in [6.45, 7) is 12.4. The third-order valence-electron chi connectivity index (χ3n) is 5.19. The molecule has 0 bridgehead atoms. The van der Waals surface area contributed by atoms with E-state index in [2.05, 4.69) is 66.6 Å². The Bertz CT molecular complexity index is 981. The molecule has 8 heteroatoms. The highest BCUT2D eigenvalue weighted by atomic mass is 15.4. The summed E-state index contributed by atoms with van der Waals surface area (Å²) >= 11 is 0. The van der Waals surface area contributed by atoms with Crippen molar-refractivity contribution in [2.45, 2.75) is 52.0 Å². The highest BCUT2D eigenvalue weighted by molar-refractivity contribution is 5.51. The van der Waals surface area contributed by atoms with Crippen LogP contribution in [0.3, 0.4) is 0 Å². The van der Waals surface area contributed by atoms with Crippen LogP contribution in [0.2, 0.25) is 0 Å². The van der Waals surface area contributed by atoms with Gasteiger partial charge >= 0.3 is 0 Å². The zero-order valence-corrected chi connectivity index (χ0v) is 17.5. The molecule has 1 fully saturated rings. The van der Waals surface area contributed by atoms with E-state index in [0.29, 0.717) is 12.0 Å². The minimum atomic E-state index is -0.107. The molecule has 3 aromatic rings. The summed E-state index contributed by atoms with van der Waals surface area (Å²) in [7, 11) is 2.10. The predicted octanol–water partition coefficient (Wildman–Crippen LogP) is 2.66. The van der Waals surface area contributed by atoms with Crippen LogP contribution >= 0.6 is 0 Å². The molecule has 1 saturated heterocycles. The van der Waals surface area contributed by atoms with Crippen molar-refractivity contribution in [1.29, 1.82) is 0 Å². The van der Waals surface area contributed by atoms with Crippen LogP contribution in [0, 0.1) is 0 Å². The second-order valence-corrected chi connectivity index (χ2v) is 8.83.